The number of carbonyl (C=O) groups excluding carboxylic acids is 1. The van der Waals surface area contributed by atoms with Gasteiger partial charge in [-0.05, 0) is 33.2 Å². The van der Waals surface area contributed by atoms with Crippen molar-refractivity contribution in [2.75, 3.05) is 13.6 Å². The Hall–Kier alpha value is -0.870. The molecule has 0 radical (unpaired) electrons. The van der Waals surface area contributed by atoms with E-state index in [4.69, 9.17) is 0 Å². The van der Waals surface area contributed by atoms with Gasteiger partial charge in [-0.25, -0.2) is 0 Å². The molecule has 94 valence electrons. The van der Waals surface area contributed by atoms with Crippen LogP contribution in [0.4, 0.5) is 0 Å². The molecular formula is C12H24N2O2. The molecule has 3 N–H and O–H groups in total. The lowest BCUT2D eigenvalue weighted by Gasteiger charge is -2.08. The van der Waals surface area contributed by atoms with E-state index in [0.29, 0.717) is 12.1 Å². The summed E-state index contributed by atoms with van der Waals surface area (Å²) in [5, 5.41) is 14.8. The van der Waals surface area contributed by atoms with E-state index in [0.717, 1.165) is 32.1 Å². The van der Waals surface area contributed by atoms with Crippen LogP contribution < -0.4 is 10.6 Å². The van der Waals surface area contributed by atoms with E-state index in [1.165, 1.54) is 0 Å². The molecule has 0 saturated heterocycles. The molecule has 1 amide bonds. The summed E-state index contributed by atoms with van der Waals surface area (Å²) in [6, 6.07) is 0. The molecule has 4 heteroatoms. The third kappa shape index (κ3) is 8.44. The Labute approximate surface area is 98.1 Å². The number of amides is 1. The minimum absolute atomic E-state index is 0.0643. The highest BCUT2D eigenvalue weighted by atomic mass is 16.3. The van der Waals surface area contributed by atoms with Crippen molar-refractivity contribution in [3.05, 3.63) is 12.2 Å². The number of nitrogens with one attached hydrogen (secondary N) is 2. The van der Waals surface area contributed by atoms with Gasteiger partial charge in [-0.15, -0.1) is 0 Å². The van der Waals surface area contributed by atoms with Gasteiger partial charge in [-0.1, -0.05) is 19.4 Å². The highest BCUT2D eigenvalue weighted by molar-refractivity contribution is 5.91. The van der Waals surface area contributed by atoms with E-state index >= 15 is 0 Å². The summed E-state index contributed by atoms with van der Waals surface area (Å²) in [7, 11) is 1.75. The number of rotatable bonds is 9. The Kier molecular flexibility index (Phi) is 8.85. The molecule has 0 saturated carbocycles. The molecule has 0 bridgehead atoms. The van der Waals surface area contributed by atoms with Crippen molar-refractivity contribution < 1.29 is 9.90 Å². The first-order valence-corrected chi connectivity index (χ1v) is 5.87. The van der Waals surface area contributed by atoms with Crippen molar-refractivity contribution in [1.82, 2.24) is 10.6 Å². The van der Waals surface area contributed by atoms with Crippen LogP contribution >= 0.6 is 0 Å². The number of aliphatic hydroxyl groups is 1. The second-order valence-electron chi connectivity index (χ2n) is 4.04. The zero-order valence-electron chi connectivity index (χ0n) is 10.4. The van der Waals surface area contributed by atoms with Crippen LogP contribution in [0.15, 0.2) is 12.2 Å². The molecule has 0 rings (SSSR count). The molecule has 0 aromatic carbocycles. The summed E-state index contributed by atoms with van der Waals surface area (Å²) in [6.07, 6.45) is 4.55. The van der Waals surface area contributed by atoms with Gasteiger partial charge in [0.2, 0.25) is 5.91 Å². The van der Waals surface area contributed by atoms with Crippen molar-refractivity contribution in [3.63, 3.8) is 0 Å². The average molecular weight is 228 g/mol. The van der Waals surface area contributed by atoms with Gasteiger partial charge in [-0.3, -0.25) is 10.1 Å². The molecule has 0 fully saturated rings. The van der Waals surface area contributed by atoms with Crippen molar-refractivity contribution in [2.24, 2.45) is 0 Å². The summed E-state index contributed by atoms with van der Waals surface area (Å²) >= 11 is 0. The molecule has 0 aliphatic heterocycles. The molecule has 1 atom stereocenters. The molecule has 0 aromatic heterocycles. The number of hydrogen-bond acceptors (Lipinski definition) is 3. The lowest BCUT2D eigenvalue weighted by atomic mass is 10.1. The van der Waals surface area contributed by atoms with Gasteiger partial charge in [-0.2, -0.15) is 0 Å². The van der Waals surface area contributed by atoms with E-state index in [-0.39, 0.29) is 12.1 Å². The molecule has 1 unspecified atom stereocenters. The maximum atomic E-state index is 11.1. The maximum absolute atomic E-state index is 11.1. The smallest absolute Gasteiger partial charge is 0.246 e. The van der Waals surface area contributed by atoms with Gasteiger partial charge < -0.3 is 10.4 Å². The Morgan fingerprint density at radius 2 is 1.94 bits per heavy atom. The van der Waals surface area contributed by atoms with E-state index in [2.05, 4.69) is 17.2 Å². The van der Waals surface area contributed by atoms with Gasteiger partial charge in [0.25, 0.3) is 0 Å². The number of carbonyl (C=O) groups is 1. The van der Waals surface area contributed by atoms with E-state index in [1.54, 1.807) is 14.0 Å². The van der Waals surface area contributed by atoms with Crippen LogP contribution in [0.25, 0.3) is 0 Å². The van der Waals surface area contributed by atoms with Gasteiger partial charge in [0.05, 0.1) is 0 Å². The molecule has 0 aromatic rings. The summed E-state index contributed by atoms with van der Waals surface area (Å²) in [5.74, 6) is -0.0643. The topological polar surface area (TPSA) is 61.4 Å². The second-order valence-corrected chi connectivity index (χ2v) is 4.04. The zero-order valence-corrected chi connectivity index (χ0v) is 10.4. The third-order valence-corrected chi connectivity index (χ3v) is 2.41. The minimum Gasteiger partial charge on any atom is -0.379 e. The molecule has 0 aliphatic rings. The standard InChI is InChI=1S/C12H24N2O2/c1-10(2)12(16)14-9-7-5-4-6-8-11(15)13-3/h11,13,15H,1,4-9H2,2-3H3,(H,14,16). The van der Waals surface area contributed by atoms with Crippen LogP contribution in [0.5, 0.6) is 0 Å². The van der Waals surface area contributed by atoms with Crippen LogP contribution in [-0.4, -0.2) is 30.8 Å². The first-order chi connectivity index (χ1) is 7.57. The monoisotopic (exact) mass is 228 g/mol. The molecule has 0 aliphatic carbocycles. The fourth-order valence-corrected chi connectivity index (χ4v) is 1.31. The highest BCUT2D eigenvalue weighted by Crippen LogP contribution is 2.04. The lowest BCUT2D eigenvalue weighted by Crippen LogP contribution is -2.25. The predicted octanol–water partition coefficient (Wildman–Crippen LogP) is 1.17. The zero-order chi connectivity index (χ0) is 12.4. The third-order valence-electron chi connectivity index (χ3n) is 2.41. The molecule has 16 heavy (non-hydrogen) atoms. The van der Waals surface area contributed by atoms with E-state index in [9.17, 15) is 9.90 Å². The first-order valence-electron chi connectivity index (χ1n) is 5.87. The average Bonchev–Trinajstić information content (AvgIpc) is 2.26. The molecular weight excluding hydrogens is 204 g/mol. The van der Waals surface area contributed by atoms with Crippen molar-refractivity contribution in [2.45, 2.75) is 45.3 Å². The Bertz CT molecular complexity index is 217. The van der Waals surface area contributed by atoms with Gasteiger partial charge in [0.1, 0.15) is 6.23 Å². The molecule has 0 heterocycles. The number of hydrogen-bond donors (Lipinski definition) is 3. The predicted molar refractivity (Wildman–Crippen MR) is 66.0 cm³/mol. The minimum atomic E-state index is -0.386. The van der Waals surface area contributed by atoms with Gasteiger partial charge in [0, 0.05) is 12.1 Å². The van der Waals surface area contributed by atoms with Crippen LogP contribution in [0.2, 0.25) is 0 Å². The Balaban J connectivity index is 3.22. The number of unbranched alkanes of at least 4 members (excludes halogenated alkanes) is 3. The maximum Gasteiger partial charge on any atom is 0.246 e. The van der Waals surface area contributed by atoms with Crippen molar-refractivity contribution in [1.29, 1.82) is 0 Å². The summed E-state index contributed by atoms with van der Waals surface area (Å²) in [4.78, 5) is 11.1. The molecule has 4 nitrogen and oxygen atoms in total. The second kappa shape index (κ2) is 9.36. The molecule has 0 spiro atoms. The van der Waals surface area contributed by atoms with Crippen molar-refractivity contribution >= 4 is 5.91 Å². The largest absolute Gasteiger partial charge is 0.379 e. The highest BCUT2D eigenvalue weighted by Gasteiger charge is 2.00. The Morgan fingerprint density at radius 3 is 2.50 bits per heavy atom. The van der Waals surface area contributed by atoms with Crippen LogP contribution in [0.1, 0.15) is 39.0 Å². The summed E-state index contributed by atoms with van der Waals surface area (Å²) < 4.78 is 0. The fourth-order valence-electron chi connectivity index (χ4n) is 1.31. The van der Waals surface area contributed by atoms with Gasteiger partial charge in [0.15, 0.2) is 0 Å². The van der Waals surface area contributed by atoms with Crippen LogP contribution in [0, 0.1) is 0 Å². The lowest BCUT2D eigenvalue weighted by molar-refractivity contribution is -0.117. The quantitative estimate of drug-likeness (QED) is 0.315. The summed E-state index contributed by atoms with van der Waals surface area (Å²) in [5.41, 5.74) is 0.553. The SMILES string of the molecule is C=C(C)C(=O)NCCCCCCC(O)NC. The van der Waals surface area contributed by atoms with Crippen molar-refractivity contribution in [3.8, 4) is 0 Å². The number of aliphatic hydroxyl groups excluding tert-OH is 1. The van der Waals surface area contributed by atoms with E-state index in [1.807, 2.05) is 0 Å². The summed E-state index contributed by atoms with van der Waals surface area (Å²) in [6.45, 7) is 5.98. The Morgan fingerprint density at radius 1 is 1.31 bits per heavy atom. The van der Waals surface area contributed by atoms with Crippen LogP contribution in [0.3, 0.4) is 0 Å². The first kappa shape index (κ1) is 15.1. The normalized spacial score (nSPS) is 12.2. The fraction of sp³-hybridized carbons (Fsp3) is 0.750. The van der Waals surface area contributed by atoms with Crippen LogP contribution in [-0.2, 0) is 4.79 Å². The van der Waals surface area contributed by atoms with E-state index < -0.39 is 0 Å². The van der Waals surface area contributed by atoms with Gasteiger partial charge >= 0.3 is 0 Å².